The molecular formula is C8H10O3. The van der Waals surface area contributed by atoms with Crippen LogP contribution in [-0.2, 0) is 4.74 Å². The molecule has 0 aliphatic carbocycles. The second kappa shape index (κ2) is 3.34. The molecule has 0 aromatic carbocycles. The van der Waals surface area contributed by atoms with Crippen molar-refractivity contribution >= 4 is 5.78 Å². The highest BCUT2D eigenvalue weighted by Crippen LogP contribution is 2.06. The molecule has 3 heteroatoms. The van der Waals surface area contributed by atoms with Crippen molar-refractivity contribution in [1.82, 2.24) is 0 Å². The molecule has 11 heavy (non-hydrogen) atoms. The van der Waals surface area contributed by atoms with Gasteiger partial charge in [0.05, 0.1) is 5.56 Å². The summed E-state index contributed by atoms with van der Waals surface area (Å²) in [4.78, 5) is 11.1. The summed E-state index contributed by atoms with van der Waals surface area (Å²) in [6.07, 6.45) is 1.44. The van der Waals surface area contributed by atoms with Crippen molar-refractivity contribution < 1.29 is 13.9 Å². The van der Waals surface area contributed by atoms with E-state index in [1.807, 2.05) is 0 Å². The Labute approximate surface area is 65.0 Å². The van der Waals surface area contributed by atoms with E-state index < -0.39 is 0 Å². The summed E-state index contributed by atoms with van der Waals surface area (Å²) < 4.78 is 9.63. The third kappa shape index (κ3) is 1.91. The maximum atomic E-state index is 11.1. The molecular weight excluding hydrogens is 144 g/mol. The summed E-state index contributed by atoms with van der Waals surface area (Å²) in [5.74, 6) is 0.689. The zero-order valence-corrected chi connectivity index (χ0v) is 6.59. The molecule has 0 saturated carbocycles. The number of Topliss-reactive ketones (excluding diaryl/α,β-unsaturated/α-hetero) is 1. The Kier molecular flexibility index (Phi) is 2.44. The highest BCUT2D eigenvalue weighted by atomic mass is 16.5. The maximum Gasteiger partial charge on any atom is 0.191 e. The Morgan fingerprint density at radius 1 is 1.73 bits per heavy atom. The Morgan fingerprint density at radius 3 is 2.91 bits per heavy atom. The SMILES string of the molecule is COCC(=O)c1coc(C)c1. The number of hydrogen-bond acceptors (Lipinski definition) is 3. The highest BCUT2D eigenvalue weighted by molar-refractivity contribution is 5.96. The summed E-state index contributed by atoms with van der Waals surface area (Å²) in [6, 6.07) is 1.70. The van der Waals surface area contributed by atoms with Crippen molar-refractivity contribution in [1.29, 1.82) is 0 Å². The van der Waals surface area contributed by atoms with Crippen LogP contribution in [0.1, 0.15) is 16.1 Å². The molecule has 0 N–H and O–H groups in total. The molecule has 0 saturated heterocycles. The van der Waals surface area contributed by atoms with Gasteiger partial charge < -0.3 is 9.15 Å². The number of ketones is 1. The summed E-state index contributed by atoms with van der Waals surface area (Å²) in [6.45, 7) is 1.91. The predicted molar refractivity (Wildman–Crippen MR) is 39.7 cm³/mol. The van der Waals surface area contributed by atoms with Gasteiger partial charge in [-0.05, 0) is 13.0 Å². The monoisotopic (exact) mass is 154 g/mol. The Bertz CT molecular complexity index is 250. The van der Waals surface area contributed by atoms with Crippen LogP contribution in [0.4, 0.5) is 0 Å². The number of rotatable bonds is 3. The molecule has 0 unspecified atom stereocenters. The number of carbonyl (C=O) groups is 1. The van der Waals surface area contributed by atoms with Gasteiger partial charge in [0.25, 0.3) is 0 Å². The summed E-state index contributed by atoms with van der Waals surface area (Å²) in [5.41, 5.74) is 0.573. The van der Waals surface area contributed by atoms with E-state index in [1.54, 1.807) is 13.0 Å². The average Bonchev–Trinajstić information content (AvgIpc) is 2.36. The van der Waals surface area contributed by atoms with Crippen molar-refractivity contribution in [2.75, 3.05) is 13.7 Å². The van der Waals surface area contributed by atoms with Gasteiger partial charge >= 0.3 is 0 Å². The van der Waals surface area contributed by atoms with E-state index in [-0.39, 0.29) is 12.4 Å². The molecule has 1 heterocycles. The smallest absolute Gasteiger partial charge is 0.191 e. The van der Waals surface area contributed by atoms with Crippen molar-refractivity contribution in [2.24, 2.45) is 0 Å². The summed E-state index contributed by atoms with van der Waals surface area (Å²) in [7, 11) is 1.49. The Balaban J connectivity index is 2.69. The van der Waals surface area contributed by atoms with E-state index in [2.05, 4.69) is 4.74 Å². The van der Waals surface area contributed by atoms with Gasteiger partial charge in [-0.1, -0.05) is 0 Å². The van der Waals surface area contributed by atoms with E-state index in [0.29, 0.717) is 5.56 Å². The molecule has 1 aromatic rings. The van der Waals surface area contributed by atoms with Crippen molar-refractivity contribution in [3.05, 3.63) is 23.7 Å². The number of furan rings is 1. The van der Waals surface area contributed by atoms with E-state index >= 15 is 0 Å². The molecule has 0 amide bonds. The molecule has 0 radical (unpaired) electrons. The molecule has 3 nitrogen and oxygen atoms in total. The lowest BCUT2D eigenvalue weighted by Crippen LogP contribution is -2.05. The number of carbonyl (C=O) groups excluding carboxylic acids is 1. The van der Waals surface area contributed by atoms with Gasteiger partial charge in [-0.2, -0.15) is 0 Å². The van der Waals surface area contributed by atoms with Crippen LogP contribution in [0.15, 0.2) is 16.7 Å². The molecule has 0 aliphatic heterocycles. The molecule has 1 aromatic heterocycles. The van der Waals surface area contributed by atoms with E-state index in [0.717, 1.165) is 5.76 Å². The predicted octanol–water partition coefficient (Wildman–Crippen LogP) is 1.42. The molecule has 0 bridgehead atoms. The Hall–Kier alpha value is -1.09. The first-order valence-electron chi connectivity index (χ1n) is 3.31. The van der Waals surface area contributed by atoms with Gasteiger partial charge in [-0.3, -0.25) is 4.79 Å². The van der Waals surface area contributed by atoms with Crippen LogP contribution in [0.25, 0.3) is 0 Å². The van der Waals surface area contributed by atoms with Crippen LogP contribution in [0.3, 0.4) is 0 Å². The van der Waals surface area contributed by atoms with Gasteiger partial charge in [0.15, 0.2) is 5.78 Å². The highest BCUT2D eigenvalue weighted by Gasteiger charge is 2.06. The molecule has 60 valence electrons. The standard InChI is InChI=1S/C8H10O3/c1-6-3-7(4-11-6)8(9)5-10-2/h3-4H,5H2,1-2H3. The van der Waals surface area contributed by atoms with Crippen LogP contribution >= 0.6 is 0 Å². The zero-order valence-electron chi connectivity index (χ0n) is 6.59. The van der Waals surface area contributed by atoms with Gasteiger partial charge in [-0.25, -0.2) is 0 Å². The minimum absolute atomic E-state index is 0.0515. The fourth-order valence-electron chi connectivity index (χ4n) is 0.804. The van der Waals surface area contributed by atoms with E-state index in [9.17, 15) is 4.79 Å². The van der Waals surface area contributed by atoms with Crippen LogP contribution in [0.5, 0.6) is 0 Å². The van der Waals surface area contributed by atoms with Crippen LogP contribution in [-0.4, -0.2) is 19.5 Å². The number of hydrogen-bond donors (Lipinski definition) is 0. The van der Waals surface area contributed by atoms with E-state index in [4.69, 9.17) is 4.42 Å². The first-order valence-corrected chi connectivity index (χ1v) is 3.31. The lowest BCUT2D eigenvalue weighted by Gasteiger charge is -1.92. The minimum atomic E-state index is -0.0515. The van der Waals surface area contributed by atoms with Gasteiger partial charge in [0, 0.05) is 7.11 Å². The van der Waals surface area contributed by atoms with Crippen molar-refractivity contribution in [3.8, 4) is 0 Å². The first kappa shape index (κ1) is 8.01. The summed E-state index contributed by atoms with van der Waals surface area (Å²) in [5, 5.41) is 0. The first-order chi connectivity index (χ1) is 5.24. The third-order valence-electron chi connectivity index (χ3n) is 1.33. The fraction of sp³-hybridized carbons (Fsp3) is 0.375. The largest absolute Gasteiger partial charge is 0.469 e. The topological polar surface area (TPSA) is 39.4 Å². The quantitative estimate of drug-likeness (QED) is 0.618. The number of ether oxygens (including phenoxy) is 1. The fourth-order valence-corrected chi connectivity index (χ4v) is 0.804. The molecule has 0 spiro atoms. The third-order valence-corrected chi connectivity index (χ3v) is 1.33. The molecule has 0 atom stereocenters. The lowest BCUT2D eigenvalue weighted by atomic mass is 10.2. The normalized spacial score (nSPS) is 10.0. The van der Waals surface area contributed by atoms with Crippen LogP contribution in [0, 0.1) is 6.92 Å². The second-order valence-electron chi connectivity index (χ2n) is 2.30. The second-order valence-corrected chi connectivity index (χ2v) is 2.30. The van der Waals surface area contributed by atoms with Gasteiger partial charge in [0.2, 0.25) is 0 Å². The van der Waals surface area contributed by atoms with Crippen LogP contribution in [0.2, 0.25) is 0 Å². The van der Waals surface area contributed by atoms with Crippen LogP contribution < -0.4 is 0 Å². The molecule has 0 fully saturated rings. The number of methoxy groups -OCH3 is 1. The maximum absolute atomic E-state index is 11.1. The zero-order chi connectivity index (χ0) is 8.27. The lowest BCUT2D eigenvalue weighted by molar-refractivity contribution is 0.0847. The molecule has 0 aliphatic rings. The van der Waals surface area contributed by atoms with Gasteiger partial charge in [-0.15, -0.1) is 0 Å². The van der Waals surface area contributed by atoms with Crippen molar-refractivity contribution in [3.63, 3.8) is 0 Å². The molecule has 1 rings (SSSR count). The van der Waals surface area contributed by atoms with Gasteiger partial charge in [0.1, 0.15) is 18.6 Å². The summed E-state index contributed by atoms with van der Waals surface area (Å²) >= 11 is 0. The Morgan fingerprint density at radius 2 is 2.45 bits per heavy atom. The average molecular weight is 154 g/mol. The minimum Gasteiger partial charge on any atom is -0.469 e. The van der Waals surface area contributed by atoms with E-state index in [1.165, 1.54) is 13.4 Å². The number of aryl methyl sites for hydroxylation is 1. The van der Waals surface area contributed by atoms with Crippen molar-refractivity contribution in [2.45, 2.75) is 6.92 Å².